The number of anilines is 1. The Morgan fingerprint density at radius 3 is 2.60 bits per heavy atom. The highest BCUT2D eigenvalue weighted by Gasteiger charge is 2.14. The van der Waals surface area contributed by atoms with Crippen LogP contribution in [0.4, 0.5) is 19.3 Å². The maximum Gasteiger partial charge on any atom is 0.387 e. The summed E-state index contributed by atoms with van der Waals surface area (Å²) in [7, 11) is 0. The average Bonchev–Trinajstić information content (AvgIpc) is 2.37. The Bertz CT molecular complexity index is 482. The van der Waals surface area contributed by atoms with Crippen LogP contribution in [0, 0.1) is 5.92 Å². The van der Waals surface area contributed by atoms with Crippen molar-refractivity contribution in [3.63, 3.8) is 0 Å². The summed E-state index contributed by atoms with van der Waals surface area (Å²) in [5, 5.41) is 13.3. The maximum atomic E-state index is 12.2. The lowest BCUT2D eigenvalue weighted by Gasteiger charge is -2.13. The van der Waals surface area contributed by atoms with Crippen LogP contribution in [-0.2, 0) is 4.79 Å². The lowest BCUT2D eigenvalue weighted by molar-refractivity contribution is -0.140. The highest BCUT2D eigenvalue weighted by molar-refractivity contribution is 5.91. The van der Waals surface area contributed by atoms with Crippen LogP contribution in [0.5, 0.6) is 5.75 Å². The molecule has 0 aliphatic heterocycles. The molecule has 0 bridgehead atoms. The van der Waals surface area contributed by atoms with Crippen LogP contribution < -0.4 is 15.4 Å². The summed E-state index contributed by atoms with van der Waals surface area (Å²) in [5.74, 6) is -1.98. The second-order valence-corrected chi connectivity index (χ2v) is 3.95. The van der Waals surface area contributed by atoms with Gasteiger partial charge in [0.2, 0.25) is 0 Å². The smallest absolute Gasteiger partial charge is 0.387 e. The fourth-order valence-corrected chi connectivity index (χ4v) is 1.27. The zero-order chi connectivity index (χ0) is 15.1. The SMILES string of the molecule is CC(CNC(=O)Nc1ccccc1OC(F)F)C(=O)O. The normalized spacial score (nSPS) is 11.8. The number of nitrogens with one attached hydrogen (secondary N) is 2. The topological polar surface area (TPSA) is 87.7 Å². The van der Waals surface area contributed by atoms with E-state index in [1.54, 1.807) is 0 Å². The molecular formula is C12H14F2N2O4. The Kier molecular flexibility index (Phi) is 5.70. The van der Waals surface area contributed by atoms with E-state index in [0.29, 0.717) is 0 Å². The van der Waals surface area contributed by atoms with Crippen molar-refractivity contribution in [1.82, 2.24) is 5.32 Å². The largest absolute Gasteiger partial charge is 0.481 e. The van der Waals surface area contributed by atoms with E-state index in [4.69, 9.17) is 5.11 Å². The number of para-hydroxylation sites is 2. The second-order valence-electron chi connectivity index (χ2n) is 3.95. The number of ether oxygens (including phenoxy) is 1. The van der Waals surface area contributed by atoms with Gasteiger partial charge in [-0.1, -0.05) is 19.1 Å². The Labute approximate surface area is 113 Å². The molecule has 1 aromatic rings. The molecule has 0 saturated carbocycles. The molecule has 1 atom stereocenters. The quantitative estimate of drug-likeness (QED) is 0.748. The Hall–Kier alpha value is -2.38. The molecule has 0 aliphatic carbocycles. The van der Waals surface area contributed by atoms with E-state index in [0.717, 1.165) is 0 Å². The standard InChI is InChI=1S/C12H14F2N2O4/c1-7(10(17)18)6-15-12(19)16-8-4-2-3-5-9(8)20-11(13)14/h2-5,7,11H,6H2,1H3,(H,17,18)(H2,15,16,19). The third-order valence-corrected chi connectivity index (χ3v) is 2.34. The van der Waals surface area contributed by atoms with E-state index < -0.39 is 24.5 Å². The monoisotopic (exact) mass is 288 g/mol. The molecule has 2 amide bonds. The molecule has 8 heteroatoms. The maximum absolute atomic E-state index is 12.2. The summed E-state index contributed by atoms with van der Waals surface area (Å²) < 4.78 is 28.6. The summed E-state index contributed by atoms with van der Waals surface area (Å²) >= 11 is 0. The van der Waals surface area contributed by atoms with Gasteiger partial charge in [-0.25, -0.2) is 4.79 Å². The van der Waals surface area contributed by atoms with Gasteiger partial charge in [-0.15, -0.1) is 0 Å². The van der Waals surface area contributed by atoms with Crippen molar-refractivity contribution in [2.75, 3.05) is 11.9 Å². The zero-order valence-electron chi connectivity index (χ0n) is 10.6. The molecular weight excluding hydrogens is 274 g/mol. The molecule has 110 valence electrons. The Morgan fingerprint density at radius 2 is 2.00 bits per heavy atom. The Balaban J connectivity index is 2.59. The molecule has 6 nitrogen and oxygen atoms in total. The van der Waals surface area contributed by atoms with Crippen LogP contribution in [-0.4, -0.2) is 30.3 Å². The first-order valence-electron chi connectivity index (χ1n) is 5.71. The molecule has 0 fully saturated rings. The predicted molar refractivity (Wildman–Crippen MR) is 66.9 cm³/mol. The molecule has 0 heterocycles. The fraction of sp³-hybridized carbons (Fsp3) is 0.333. The second kappa shape index (κ2) is 7.27. The number of halogens is 2. The van der Waals surface area contributed by atoms with Gasteiger partial charge in [0.15, 0.2) is 0 Å². The molecule has 0 radical (unpaired) electrons. The third kappa shape index (κ3) is 5.09. The van der Waals surface area contributed by atoms with Crippen LogP contribution in [0.25, 0.3) is 0 Å². The number of aliphatic carboxylic acids is 1. The number of carboxylic acids is 1. The molecule has 1 aromatic carbocycles. The number of amides is 2. The van der Waals surface area contributed by atoms with E-state index in [-0.39, 0.29) is 18.0 Å². The number of urea groups is 1. The molecule has 0 saturated heterocycles. The average molecular weight is 288 g/mol. The number of carboxylic acid groups (broad SMARTS) is 1. The van der Waals surface area contributed by atoms with E-state index in [9.17, 15) is 18.4 Å². The number of alkyl halides is 2. The molecule has 1 rings (SSSR count). The van der Waals surface area contributed by atoms with Gasteiger partial charge in [-0.3, -0.25) is 4.79 Å². The van der Waals surface area contributed by atoms with Gasteiger partial charge in [0.1, 0.15) is 5.75 Å². The Morgan fingerprint density at radius 1 is 1.35 bits per heavy atom. The van der Waals surface area contributed by atoms with Gasteiger partial charge >= 0.3 is 18.6 Å². The highest BCUT2D eigenvalue weighted by Crippen LogP contribution is 2.25. The minimum Gasteiger partial charge on any atom is -0.481 e. The van der Waals surface area contributed by atoms with E-state index in [1.165, 1.54) is 31.2 Å². The molecule has 3 N–H and O–H groups in total. The number of hydrogen-bond acceptors (Lipinski definition) is 3. The fourth-order valence-electron chi connectivity index (χ4n) is 1.27. The zero-order valence-corrected chi connectivity index (χ0v) is 10.6. The van der Waals surface area contributed by atoms with Crippen molar-refractivity contribution in [3.8, 4) is 5.75 Å². The predicted octanol–water partition coefficient (Wildman–Crippen LogP) is 2.13. The van der Waals surface area contributed by atoms with Gasteiger partial charge in [-0.2, -0.15) is 8.78 Å². The number of carbonyl (C=O) groups excluding carboxylic acids is 1. The first-order chi connectivity index (χ1) is 9.40. The van der Waals surface area contributed by atoms with Gasteiger partial charge < -0.3 is 20.5 Å². The van der Waals surface area contributed by atoms with E-state index >= 15 is 0 Å². The van der Waals surface area contributed by atoms with Crippen molar-refractivity contribution in [2.45, 2.75) is 13.5 Å². The minimum absolute atomic E-state index is 0.0632. The summed E-state index contributed by atoms with van der Waals surface area (Å²) in [4.78, 5) is 22.1. The van der Waals surface area contributed by atoms with E-state index in [2.05, 4.69) is 15.4 Å². The van der Waals surface area contributed by atoms with Crippen molar-refractivity contribution in [3.05, 3.63) is 24.3 Å². The lowest BCUT2D eigenvalue weighted by atomic mass is 10.2. The van der Waals surface area contributed by atoms with Gasteiger partial charge in [-0.05, 0) is 12.1 Å². The number of benzene rings is 1. The van der Waals surface area contributed by atoms with Crippen LogP contribution in [0.1, 0.15) is 6.92 Å². The van der Waals surface area contributed by atoms with Crippen LogP contribution >= 0.6 is 0 Å². The number of hydrogen-bond donors (Lipinski definition) is 3. The van der Waals surface area contributed by atoms with Gasteiger partial charge in [0.05, 0.1) is 11.6 Å². The lowest BCUT2D eigenvalue weighted by Crippen LogP contribution is -2.34. The van der Waals surface area contributed by atoms with Crippen molar-refractivity contribution >= 4 is 17.7 Å². The van der Waals surface area contributed by atoms with Crippen molar-refractivity contribution < 1.29 is 28.2 Å². The molecule has 0 spiro atoms. The third-order valence-electron chi connectivity index (χ3n) is 2.34. The molecule has 1 unspecified atom stereocenters. The summed E-state index contributed by atoms with van der Waals surface area (Å²) in [6.07, 6.45) is 0. The van der Waals surface area contributed by atoms with Crippen LogP contribution in [0.15, 0.2) is 24.3 Å². The number of rotatable bonds is 6. The van der Waals surface area contributed by atoms with Gasteiger partial charge in [0, 0.05) is 6.54 Å². The molecule has 0 aliphatic rings. The van der Waals surface area contributed by atoms with Crippen LogP contribution in [0.2, 0.25) is 0 Å². The van der Waals surface area contributed by atoms with Crippen LogP contribution in [0.3, 0.4) is 0 Å². The summed E-state index contributed by atoms with van der Waals surface area (Å²) in [6, 6.07) is 4.98. The number of carbonyl (C=O) groups is 2. The van der Waals surface area contributed by atoms with E-state index in [1.807, 2.05) is 0 Å². The van der Waals surface area contributed by atoms with Gasteiger partial charge in [0.25, 0.3) is 0 Å². The van der Waals surface area contributed by atoms with Crippen molar-refractivity contribution in [2.24, 2.45) is 5.92 Å². The summed E-state index contributed by atoms with van der Waals surface area (Å²) in [6.45, 7) is -1.66. The minimum atomic E-state index is -3.01. The first-order valence-corrected chi connectivity index (χ1v) is 5.71. The van der Waals surface area contributed by atoms with Crippen molar-refractivity contribution in [1.29, 1.82) is 0 Å². The summed E-state index contributed by atoms with van der Waals surface area (Å²) in [5.41, 5.74) is 0.0632. The molecule has 20 heavy (non-hydrogen) atoms. The first kappa shape index (κ1) is 15.7. The molecule has 0 aromatic heterocycles. The highest BCUT2D eigenvalue weighted by atomic mass is 19.3.